The van der Waals surface area contributed by atoms with Gasteiger partial charge in [0.1, 0.15) is 18.0 Å². The molecule has 0 radical (unpaired) electrons. The Morgan fingerprint density at radius 3 is 2.41 bits per heavy atom. The van der Waals surface area contributed by atoms with Gasteiger partial charge in [0.2, 0.25) is 5.91 Å². The SMILES string of the molecule is C[C@H](CC(=O)N1C(=O)OC[C@H]1Cc1ccccc1)c1ccc(OC(C)(C)C)cc1. The molecule has 1 saturated heterocycles. The lowest BCUT2D eigenvalue weighted by molar-refractivity contribution is -0.129. The summed E-state index contributed by atoms with van der Waals surface area (Å²) in [4.78, 5) is 26.4. The quantitative estimate of drug-likeness (QED) is 0.695. The molecular weight excluding hydrogens is 366 g/mol. The molecule has 3 rings (SSSR count). The van der Waals surface area contributed by atoms with E-state index < -0.39 is 6.09 Å². The van der Waals surface area contributed by atoms with E-state index in [4.69, 9.17) is 9.47 Å². The first-order valence-corrected chi connectivity index (χ1v) is 10.0. The molecule has 0 spiro atoms. The van der Waals surface area contributed by atoms with Crippen LogP contribution in [-0.4, -0.2) is 35.2 Å². The summed E-state index contributed by atoms with van der Waals surface area (Å²) in [6, 6.07) is 17.4. The zero-order valence-electron chi connectivity index (χ0n) is 17.6. The zero-order valence-corrected chi connectivity index (χ0v) is 17.6. The lowest BCUT2D eigenvalue weighted by Gasteiger charge is -2.23. The molecule has 0 aromatic heterocycles. The highest BCUT2D eigenvalue weighted by Gasteiger charge is 2.38. The van der Waals surface area contributed by atoms with Gasteiger partial charge in [-0.2, -0.15) is 0 Å². The highest BCUT2D eigenvalue weighted by molar-refractivity contribution is 5.93. The number of carbonyl (C=O) groups is 2. The molecule has 1 aliphatic heterocycles. The van der Waals surface area contributed by atoms with Crippen LogP contribution in [0.3, 0.4) is 0 Å². The van der Waals surface area contributed by atoms with Crippen molar-refractivity contribution in [2.45, 2.75) is 58.1 Å². The van der Waals surface area contributed by atoms with Crippen molar-refractivity contribution in [3.8, 4) is 5.75 Å². The van der Waals surface area contributed by atoms with Crippen molar-refractivity contribution >= 4 is 12.0 Å². The number of cyclic esters (lactones) is 1. The van der Waals surface area contributed by atoms with Gasteiger partial charge in [0, 0.05) is 6.42 Å². The van der Waals surface area contributed by atoms with E-state index in [1.807, 2.05) is 82.3 Å². The van der Waals surface area contributed by atoms with E-state index in [0.717, 1.165) is 16.9 Å². The number of rotatable bonds is 6. The van der Waals surface area contributed by atoms with E-state index in [-0.39, 0.29) is 36.5 Å². The van der Waals surface area contributed by atoms with Crippen molar-refractivity contribution in [1.29, 1.82) is 0 Å². The summed E-state index contributed by atoms with van der Waals surface area (Å²) >= 11 is 0. The summed E-state index contributed by atoms with van der Waals surface area (Å²) in [5.74, 6) is 0.582. The van der Waals surface area contributed by atoms with Gasteiger partial charge in [0.15, 0.2) is 0 Å². The summed E-state index contributed by atoms with van der Waals surface area (Å²) in [6.45, 7) is 8.24. The van der Waals surface area contributed by atoms with Crippen molar-refractivity contribution < 1.29 is 19.1 Å². The summed E-state index contributed by atoms with van der Waals surface area (Å²) in [5, 5.41) is 0. The first kappa shape index (κ1) is 20.9. The largest absolute Gasteiger partial charge is 0.488 e. The Balaban J connectivity index is 1.64. The Hall–Kier alpha value is -2.82. The van der Waals surface area contributed by atoms with E-state index >= 15 is 0 Å². The molecule has 0 N–H and O–H groups in total. The van der Waals surface area contributed by atoms with Crippen molar-refractivity contribution in [3.05, 3.63) is 65.7 Å². The fourth-order valence-corrected chi connectivity index (χ4v) is 3.50. The molecule has 2 atom stereocenters. The maximum Gasteiger partial charge on any atom is 0.416 e. The summed E-state index contributed by atoms with van der Waals surface area (Å²) < 4.78 is 11.0. The molecule has 5 heteroatoms. The van der Waals surface area contributed by atoms with Gasteiger partial charge in [-0.3, -0.25) is 4.79 Å². The highest BCUT2D eigenvalue weighted by atomic mass is 16.6. The first-order valence-electron chi connectivity index (χ1n) is 10.0. The van der Waals surface area contributed by atoms with Crippen molar-refractivity contribution in [1.82, 2.24) is 4.90 Å². The predicted molar refractivity (Wildman–Crippen MR) is 112 cm³/mol. The topological polar surface area (TPSA) is 55.8 Å². The molecular formula is C24H29NO4. The normalized spacial score (nSPS) is 17.7. The average molecular weight is 395 g/mol. The zero-order chi connectivity index (χ0) is 21.0. The van der Waals surface area contributed by atoms with Crippen molar-refractivity contribution in [3.63, 3.8) is 0 Å². The minimum absolute atomic E-state index is 0.0167. The Kier molecular flexibility index (Phi) is 6.26. The van der Waals surface area contributed by atoms with Gasteiger partial charge in [-0.25, -0.2) is 9.69 Å². The van der Waals surface area contributed by atoms with Crippen LogP contribution >= 0.6 is 0 Å². The lowest BCUT2D eigenvalue weighted by atomic mass is 9.96. The van der Waals surface area contributed by atoms with Gasteiger partial charge in [-0.15, -0.1) is 0 Å². The molecule has 2 aromatic carbocycles. The second-order valence-electron chi connectivity index (χ2n) is 8.57. The van der Waals surface area contributed by atoms with Crippen molar-refractivity contribution in [2.75, 3.05) is 6.61 Å². The summed E-state index contributed by atoms with van der Waals surface area (Å²) in [5.41, 5.74) is 1.86. The van der Waals surface area contributed by atoms with Gasteiger partial charge in [0.05, 0.1) is 6.04 Å². The van der Waals surface area contributed by atoms with Crippen LogP contribution in [0, 0.1) is 0 Å². The molecule has 1 fully saturated rings. The minimum atomic E-state index is -0.544. The Bertz CT molecular complexity index is 839. The number of benzene rings is 2. The number of amides is 2. The Labute approximate surface area is 172 Å². The third-order valence-corrected chi connectivity index (χ3v) is 4.90. The molecule has 0 bridgehead atoms. The van der Waals surface area contributed by atoms with Gasteiger partial charge in [-0.05, 0) is 56.4 Å². The monoisotopic (exact) mass is 395 g/mol. The van der Waals surface area contributed by atoms with Crippen LogP contribution in [0.25, 0.3) is 0 Å². The third kappa shape index (κ3) is 5.59. The van der Waals surface area contributed by atoms with Crippen molar-refractivity contribution in [2.24, 2.45) is 0 Å². The molecule has 5 nitrogen and oxygen atoms in total. The molecule has 2 aromatic rings. The maximum atomic E-state index is 12.9. The maximum absolute atomic E-state index is 12.9. The van der Waals surface area contributed by atoms with Gasteiger partial charge < -0.3 is 9.47 Å². The highest BCUT2D eigenvalue weighted by Crippen LogP contribution is 2.26. The lowest BCUT2D eigenvalue weighted by Crippen LogP contribution is -2.40. The van der Waals surface area contributed by atoms with Crippen LogP contribution in [-0.2, 0) is 16.0 Å². The van der Waals surface area contributed by atoms with E-state index in [0.29, 0.717) is 6.42 Å². The molecule has 1 heterocycles. The first-order chi connectivity index (χ1) is 13.7. The standard InChI is InChI=1S/C24H29NO4/c1-17(19-10-12-21(13-11-19)29-24(2,3)4)14-22(26)25-20(16-28-23(25)27)15-18-8-6-5-7-9-18/h5-13,17,20H,14-16H2,1-4H3/t17-,20-/m1/s1. The van der Waals surface area contributed by atoms with Crippen LogP contribution in [0.4, 0.5) is 4.79 Å². The Morgan fingerprint density at radius 1 is 1.14 bits per heavy atom. The van der Waals surface area contributed by atoms with E-state index in [1.54, 1.807) is 0 Å². The summed E-state index contributed by atoms with van der Waals surface area (Å²) in [7, 11) is 0. The fourth-order valence-electron chi connectivity index (χ4n) is 3.50. The van der Waals surface area contributed by atoms with Gasteiger partial charge >= 0.3 is 6.09 Å². The average Bonchev–Trinajstić information content (AvgIpc) is 3.02. The molecule has 0 aliphatic carbocycles. The van der Waals surface area contributed by atoms with Crippen LogP contribution in [0.15, 0.2) is 54.6 Å². The van der Waals surface area contributed by atoms with E-state index in [9.17, 15) is 9.59 Å². The molecule has 1 aliphatic rings. The van der Waals surface area contributed by atoms with Gasteiger partial charge in [-0.1, -0.05) is 49.4 Å². The molecule has 2 amide bonds. The number of carbonyl (C=O) groups excluding carboxylic acids is 2. The third-order valence-electron chi connectivity index (χ3n) is 4.90. The molecule has 29 heavy (non-hydrogen) atoms. The van der Waals surface area contributed by atoms with Crippen LogP contribution < -0.4 is 4.74 Å². The Morgan fingerprint density at radius 2 is 1.79 bits per heavy atom. The molecule has 154 valence electrons. The fraction of sp³-hybridized carbons (Fsp3) is 0.417. The number of hydrogen-bond donors (Lipinski definition) is 0. The van der Waals surface area contributed by atoms with Crippen LogP contribution in [0.1, 0.15) is 51.2 Å². The van der Waals surface area contributed by atoms with Crippen LogP contribution in [0.5, 0.6) is 5.75 Å². The number of nitrogens with zero attached hydrogens (tertiary/aromatic N) is 1. The summed E-state index contributed by atoms with van der Waals surface area (Å²) in [6.07, 6.45) is 0.308. The van der Waals surface area contributed by atoms with Gasteiger partial charge in [0.25, 0.3) is 0 Å². The number of ether oxygens (including phenoxy) is 2. The molecule has 0 unspecified atom stereocenters. The second kappa shape index (κ2) is 8.68. The number of hydrogen-bond acceptors (Lipinski definition) is 4. The second-order valence-corrected chi connectivity index (χ2v) is 8.57. The number of imide groups is 1. The smallest absolute Gasteiger partial charge is 0.416 e. The minimum Gasteiger partial charge on any atom is -0.488 e. The van der Waals surface area contributed by atoms with E-state index in [1.165, 1.54) is 4.90 Å². The van der Waals surface area contributed by atoms with E-state index in [2.05, 4.69) is 0 Å². The van der Waals surface area contributed by atoms with Crippen LogP contribution in [0.2, 0.25) is 0 Å². The molecule has 0 saturated carbocycles. The predicted octanol–water partition coefficient (Wildman–Crippen LogP) is 4.95.